The predicted molar refractivity (Wildman–Crippen MR) is 78.5 cm³/mol. The lowest BCUT2D eigenvalue weighted by atomic mass is 9.95. The van der Waals surface area contributed by atoms with Gasteiger partial charge in [0.1, 0.15) is 17.7 Å². The van der Waals surface area contributed by atoms with Crippen LogP contribution >= 0.6 is 27.5 Å². The van der Waals surface area contributed by atoms with Crippen molar-refractivity contribution in [2.45, 2.75) is 18.6 Å². The fourth-order valence-corrected chi connectivity index (χ4v) is 2.99. The molecule has 0 amide bonds. The van der Waals surface area contributed by atoms with Crippen LogP contribution in [0.3, 0.4) is 0 Å². The molecule has 104 valence electrons. The quantitative estimate of drug-likeness (QED) is 0.794. The number of aliphatic hydroxyl groups excluding tert-OH is 1. The van der Waals surface area contributed by atoms with Crippen LogP contribution in [0.15, 0.2) is 40.9 Å². The van der Waals surface area contributed by atoms with Crippen LogP contribution in [0.1, 0.15) is 29.8 Å². The van der Waals surface area contributed by atoms with Crippen molar-refractivity contribution in [2.75, 3.05) is 0 Å². The molecule has 2 atom stereocenters. The number of hydrogen-bond donors (Lipinski definition) is 1. The molecule has 20 heavy (non-hydrogen) atoms. The lowest BCUT2D eigenvalue weighted by Crippen LogP contribution is -2.19. The van der Waals surface area contributed by atoms with Crippen LogP contribution in [0.4, 0.5) is 4.39 Å². The molecule has 1 aliphatic heterocycles. The SMILES string of the molecule is OC1CC(c2cc(Br)ccc2Cl)Oc2ccc(F)cc21. The Labute approximate surface area is 129 Å². The third-order valence-corrected chi connectivity index (χ3v) is 4.18. The van der Waals surface area contributed by atoms with E-state index in [2.05, 4.69) is 15.9 Å². The van der Waals surface area contributed by atoms with Crippen molar-refractivity contribution in [1.82, 2.24) is 0 Å². The molecular weight excluding hydrogens is 347 g/mol. The molecule has 1 heterocycles. The van der Waals surface area contributed by atoms with Crippen LogP contribution in [0.25, 0.3) is 0 Å². The summed E-state index contributed by atoms with van der Waals surface area (Å²) >= 11 is 9.58. The second kappa shape index (κ2) is 5.35. The zero-order valence-electron chi connectivity index (χ0n) is 10.3. The highest BCUT2D eigenvalue weighted by Gasteiger charge is 2.29. The molecule has 1 aliphatic rings. The lowest BCUT2D eigenvalue weighted by molar-refractivity contribution is 0.0654. The highest BCUT2D eigenvalue weighted by molar-refractivity contribution is 9.10. The summed E-state index contributed by atoms with van der Waals surface area (Å²) in [6.07, 6.45) is -0.783. The predicted octanol–water partition coefficient (Wildman–Crippen LogP) is 4.80. The molecule has 0 fully saturated rings. The second-order valence-corrected chi connectivity index (χ2v) is 6.03. The largest absolute Gasteiger partial charge is 0.485 e. The van der Waals surface area contributed by atoms with Crippen molar-refractivity contribution in [3.63, 3.8) is 0 Å². The first-order chi connectivity index (χ1) is 9.54. The van der Waals surface area contributed by atoms with Gasteiger partial charge in [-0.2, -0.15) is 0 Å². The first kappa shape index (κ1) is 13.9. The van der Waals surface area contributed by atoms with Gasteiger partial charge < -0.3 is 9.84 Å². The number of hydrogen-bond acceptors (Lipinski definition) is 2. The monoisotopic (exact) mass is 356 g/mol. The number of halogens is 3. The Morgan fingerprint density at radius 2 is 2.00 bits per heavy atom. The van der Waals surface area contributed by atoms with E-state index in [1.165, 1.54) is 18.2 Å². The summed E-state index contributed by atoms with van der Waals surface area (Å²) in [5.74, 6) is 0.108. The number of benzene rings is 2. The summed E-state index contributed by atoms with van der Waals surface area (Å²) in [5.41, 5.74) is 1.28. The molecule has 3 rings (SSSR count). The Bertz CT molecular complexity index is 662. The van der Waals surface area contributed by atoms with Gasteiger partial charge in [-0.3, -0.25) is 0 Å². The van der Waals surface area contributed by atoms with Crippen LogP contribution in [0, 0.1) is 5.82 Å². The maximum Gasteiger partial charge on any atom is 0.128 e. The minimum atomic E-state index is -0.769. The number of rotatable bonds is 1. The maximum atomic E-state index is 13.2. The zero-order chi connectivity index (χ0) is 14.3. The third-order valence-electron chi connectivity index (χ3n) is 3.34. The van der Waals surface area contributed by atoms with Crippen LogP contribution in [0.2, 0.25) is 5.02 Å². The Morgan fingerprint density at radius 1 is 1.20 bits per heavy atom. The van der Waals surface area contributed by atoms with Crippen LogP contribution < -0.4 is 4.74 Å². The van der Waals surface area contributed by atoms with Gasteiger partial charge in [0.15, 0.2) is 0 Å². The molecule has 0 radical (unpaired) electrons. The van der Waals surface area contributed by atoms with E-state index in [9.17, 15) is 9.50 Å². The van der Waals surface area contributed by atoms with Crippen LogP contribution in [0.5, 0.6) is 5.75 Å². The molecule has 2 aromatic carbocycles. The maximum absolute atomic E-state index is 13.2. The molecule has 0 aromatic heterocycles. The van der Waals surface area contributed by atoms with Crippen molar-refractivity contribution in [1.29, 1.82) is 0 Å². The fraction of sp³-hybridized carbons (Fsp3) is 0.200. The molecule has 2 aromatic rings. The van der Waals surface area contributed by atoms with E-state index in [0.717, 1.165) is 10.0 Å². The summed E-state index contributed by atoms with van der Waals surface area (Å²) < 4.78 is 19.9. The van der Waals surface area contributed by atoms with E-state index in [1.54, 1.807) is 6.07 Å². The highest BCUT2D eigenvalue weighted by atomic mass is 79.9. The van der Waals surface area contributed by atoms with Gasteiger partial charge in [0, 0.05) is 27.0 Å². The first-order valence-corrected chi connectivity index (χ1v) is 7.31. The van der Waals surface area contributed by atoms with E-state index in [4.69, 9.17) is 16.3 Å². The Kier molecular flexibility index (Phi) is 3.71. The number of fused-ring (bicyclic) bond motifs is 1. The Balaban J connectivity index is 1.99. The Morgan fingerprint density at radius 3 is 2.80 bits per heavy atom. The van der Waals surface area contributed by atoms with Gasteiger partial charge in [-0.15, -0.1) is 0 Å². The highest BCUT2D eigenvalue weighted by Crippen LogP contribution is 2.43. The van der Waals surface area contributed by atoms with Crippen molar-refractivity contribution < 1.29 is 14.2 Å². The molecule has 5 heteroatoms. The van der Waals surface area contributed by atoms with Crippen molar-refractivity contribution in [3.8, 4) is 5.75 Å². The van der Waals surface area contributed by atoms with Crippen molar-refractivity contribution >= 4 is 27.5 Å². The summed E-state index contributed by atoms with van der Waals surface area (Å²) in [6.45, 7) is 0. The van der Waals surface area contributed by atoms with Crippen molar-refractivity contribution in [3.05, 3.63) is 62.8 Å². The van der Waals surface area contributed by atoms with Gasteiger partial charge in [0.25, 0.3) is 0 Å². The van der Waals surface area contributed by atoms with Gasteiger partial charge in [-0.25, -0.2) is 4.39 Å². The third kappa shape index (κ3) is 2.55. The molecule has 0 bridgehead atoms. The molecule has 0 saturated heterocycles. The van der Waals surface area contributed by atoms with Gasteiger partial charge in [0.2, 0.25) is 0 Å². The normalized spacial score (nSPS) is 21.2. The molecule has 0 aliphatic carbocycles. The lowest BCUT2D eigenvalue weighted by Gasteiger charge is -2.30. The smallest absolute Gasteiger partial charge is 0.128 e. The standard InChI is InChI=1S/C15H11BrClFO2/c16-8-1-3-12(17)10(5-8)15-7-13(19)11-6-9(18)2-4-14(11)20-15/h1-6,13,15,19H,7H2. The van der Waals surface area contributed by atoms with Crippen LogP contribution in [-0.4, -0.2) is 5.11 Å². The molecule has 1 N–H and O–H groups in total. The Hall–Kier alpha value is -1.10. The van der Waals surface area contributed by atoms with Crippen molar-refractivity contribution in [2.24, 2.45) is 0 Å². The second-order valence-electron chi connectivity index (χ2n) is 4.71. The molecule has 2 unspecified atom stereocenters. The molecule has 0 saturated carbocycles. The minimum Gasteiger partial charge on any atom is -0.485 e. The minimum absolute atomic E-state index is 0.340. The van der Waals surface area contributed by atoms with Crippen LogP contribution in [-0.2, 0) is 0 Å². The van der Waals surface area contributed by atoms with Gasteiger partial charge in [-0.05, 0) is 36.4 Å². The fourth-order valence-electron chi connectivity index (χ4n) is 2.37. The average Bonchev–Trinajstić information content (AvgIpc) is 2.42. The molecular formula is C15H11BrClFO2. The molecule has 0 spiro atoms. The topological polar surface area (TPSA) is 29.5 Å². The first-order valence-electron chi connectivity index (χ1n) is 6.13. The van der Waals surface area contributed by atoms with Gasteiger partial charge in [0.05, 0.1) is 6.10 Å². The summed E-state index contributed by atoms with van der Waals surface area (Å²) in [7, 11) is 0. The van der Waals surface area contributed by atoms with E-state index < -0.39 is 6.10 Å². The summed E-state index contributed by atoms with van der Waals surface area (Å²) in [5, 5.41) is 10.8. The summed E-state index contributed by atoms with van der Waals surface area (Å²) in [4.78, 5) is 0. The average molecular weight is 358 g/mol. The van der Waals surface area contributed by atoms with Gasteiger partial charge in [-0.1, -0.05) is 27.5 Å². The number of ether oxygens (including phenoxy) is 1. The van der Waals surface area contributed by atoms with E-state index in [1.807, 2.05) is 12.1 Å². The molecule has 2 nitrogen and oxygen atoms in total. The van der Waals surface area contributed by atoms with E-state index in [-0.39, 0.29) is 11.9 Å². The van der Waals surface area contributed by atoms with E-state index >= 15 is 0 Å². The van der Waals surface area contributed by atoms with E-state index in [0.29, 0.717) is 22.8 Å². The number of aliphatic hydroxyl groups is 1. The summed E-state index contributed by atoms with van der Waals surface area (Å²) in [6, 6.07) is 9.64. The zero-order valence-corrected chi connectivity index (χ0v) is 12.7. The van der Waals surface area contributed by atoms with Gasteiger partial charge >= 0.3 is 0 Å².